The number of nitrogens with one attached hydrogen (secondary N) is 1. The molecule has 5 rings (SSSR count). The molecule has 7 nitrogen and oxygen atoms in total. The van der Waals surface area contributed by atoms with Gasteiger partial charge in [0.2, 0.25) is 5.91 Å². The van der Waals surface area contributed by atoms with Crippen LogP contribution in [0.15, 0.2) is 43.0 Å². The zero-order valence-corrected chi connectivity index (χ0v) is 16.5. The predicted octanol–water partition coefficient (Wildman–Crippen LogP) is 2.80. The number of aromatic amines is 1. The summed E-state index contributed by atoms with van der Waals surface area (Å²) >= 11 is 0. The van der Waals surface area contributed by atoms with Crippen LogP contribution in [0.3, 0.4) is 0 Å². The molecule has 0 saturated carbocycles. The highest BCUT2D eigenvalue weighted by Gasteiger charge is 2.44. The molecule has 2 aliphatic rings. The molecule has 0 atom stereocenters. The highest BCUT2D eigenvalue weighted by atomic mass is 16.2. The first-order chi connectivity index (χ1) is 14.2. The number of aromatic nitrogens is 4. The minimum Gasteiger partial charge on any atom is -0.355 e. The van der Waals surface area contributed by atoms with Gasteiger partial charge >= 0.3 is 0 Å². The highest BCUT2D eigenvalue weighted by Crippen LogP contribution is 2.42. The van der Waals surface area contributed by atoms with Crippen molar-refractivity contribution in [3.05, 3.63) is 48.5 Å². The van der Waals surface area contributed by atoms with Crippen molar-refractivity contribution in [2.75, 3.05) is 31.1 Å². The fourth-order valence-electron chi connectivity index (χ4n) is 4.82. The minimum atomic E-state index is 0.125. The lowest BCUT2D eigenvalue weighted by atomic mass is 9.77. The lowest BCUT2D eigenvalue weighted by Gasteiger charge is -2.39. The number of aryl methyl sites for hydroxylation is 1. The third-order valence-corrected chi connectivity index (χ3v) is 6.47. The van der Waals surface area contributed by atoms with Crippen LogP contribution in [-0.2, 0) is 11.2 Å². The van der Waals surface area contributed by atoms with E-state index in [0.29, 0.717) is 18.0 Å². The number of fused-ring (bicyclic) bond motifs is 1. The first kappa shape index (κ1) is 18.1. The second-order valence-corrected chi connectivity index (χ2v) is 8.37. The topological polar surface area (TPSA) is 78.0 Å². The summed E-state index contributed by atoms with van der Waals surface area (Å²) in [6, 6.07) is 10.5. The minimum absolute atomic E-state index is 0.125. The molecule has 29 heavy (non-hydrogen) atoms. The third kappa shape index (κ3) is 3.57. The number of rotatable bonds is 5. The fraction of sp³-hybridized carbons (Fsp3) is 0.455. The van der Waals surface area contributed by atoms with Gasteiger partial charge < -0.3 is 14.8 Å². The maximum Gasteiger partial charge on any atom is 0.223 e. The molecule has 0 bridgehead atoms. The molecule has 150 valence electrons. The van der Waals surface area contributed by atoms with Crippen molar-refractivity contribution in [3.8, 4) is 0 Å². The van der Waals surface area contributed by atoms with Gasteiger partial charge in [0, 0.05) is 38.0 Å². The summed E-state index contributed by atoms with van der Waals surface area (Å²) in [6.45, 7) is 3.59. The number of carbonyl (C=O) groups excluding carboxylic acids is 1. The van der Waals surface area contributed by atoms with E-state index in [0.717, 1.165) is 63.2 Å². The van der Waals surface area contributed by atoms with Crippen molar-refractivity contribution >= 4 is 22.9 Å². The van der Waals surface area contributed by atoms with Crippen LogP contribution in [0.4, 0.5) is 5.82 Å². The van der Waals surface area contributed by atoms with E-state index in [1.807, 2.05) is 6.07 Å². The standard InChI is InChI=1S/C22H26N6O/c29-18-13-22(14-28(18)10-4-7-17-5-2-1-3-6-17)8-11-27(12-9-22)21-19-20(24-15-23-19)25-16-26-21/h1-3,5-6,15-16H,4,7-14H2,(H,23,24,25,26). The number of likely N-dealkylation sites (tertiary alicyclic amines) is 1. The van der Waals surface area contributed by atoms with Gasteiger partial charge in [-0.2, -0.15) is 0 Å². The van der Waals surface area contributed by atoms with Gasteiger partial charge in [0.15, 0.2) is 11.5 Å². The zero-order valence-electron chi connectivity index (χ0n) is 16.5. The Morgan fingerprint density at radius 1 is 1.07 bits per heavy atom. The van der Waals surface area contributed by atoms with E-state index in [4.69, 9.17) is 0 Å². The van der Waals surface area contributed by atoms with Crippen molar-refractivity contribution in [3.63, 3.8) is 0 Å². The van der Waals surface area contributed by atoms with E-state index >= 15 is 0 Å². The van der Waals surface area contributed by atoms with Crippen molar-refractivity contribution in [1.82, 2.24) is 24.8 Å². The number of H-pyrrole nitrogens is 1. The summed E-state index contributed by atoms with van der Waals surface area (Å²) in [5, 5.41) is 0. The summed E-state index contributed by atoms with van der Waals surface area (Å²) in [7, 11) is 0. The van der Waals surface area contributed by atoms with Crippen LogP contribution in [-0.4, -0.2) is 56.9 Å². The van der Waals surface area contributed by atoms with Crippen LogP contribution in [0.5, 0.6) is 0 Å². The molecule has 2 aliphatic heterocycles. The summed E-state index contributed by atoms with van der Waals surface area (Å²) in [5.41, 5.74) is 3.07. The van der Waals surface area contributed by atoms with E-state index < -0.39 is 0 Å². The second kappa shape index (κ2) is 7.46. The van der Waals surface area contributed by atoms with Gasteiger partial charge in [0.05, 0.1) is 6.33 Å². The largest absolute Gasteiger partial charge is 0.355 e. The number of piperidine rings is 1. The normalized spacial score (nSPS) is 18.8. The van der Waals surface area contributed by atoms with Crippen LogP contribution in [0, 0.1) is 5.41 Å². The first-order valence-corrected chi connectivity index (χ1v) is 10.4. The van der Waals surface area contributed by atoms with Gasteiger partial charge in [0.1, 0.15) is 11.8 Å². The molecule has 0 radical (unpaired) electrons. The van der Waals surface area contributed by atoms with Gasteiger partial charge in [0.25, 0.3) is 0 Å². The molecular formula is C22H26N6O. The monoisotopic (exact) mass is 390 g/mol. The van der Waals surface area contributed by atoms with E-state index in [-0.39, 0.29) is 5.41 Å². The van der Waals surface area contributed by atoms with Crippen molar-refractivity contribution in [2.24, 2.45) is 5.41 Å². The van der Waals surface area contributed by atoms with Gasteiger partial charge in [-0.3, -0.25) is 4.79 Å². The molecule has 2 fully saturated rings. The Morgan fingerprint density at radius 3 is 2.72 bits per heavy atom. The number of benzene rings is 1. The zero-order chi connectivity index (χ0) is 19.7. The molecular weight excluding hydrogens is 364 g/mol. The third-order valence-electron chi connectivity index (χ3n) is 6.47. The van der Waals surface area contributed by atoms with Crippen LogP contribution < -0.4 is 4.90 Å². The van der Waals surface area contributed by atoms with Crippen LogP contribution in [0.1, 0.15) is 31.2 Å². The Bertz CT molecular complexity index is 993. The summed E-state index contributed by atoms with van der Waals surface area (Å²) < 4.78 is 0. The molecule has 4 heterocycles. The Balaban J connectivity index is 1.19. The molecule has 1 aromatic carbocycles. The Labute approximate surface area is 170 Å². The van der Waals surface area contributed by atoms with E-state index in [2.05, 4.69) is 54.0 Å². The highest BCUT2D eigenvalue weighted by molar-refractivity contribution is 5.83. The van der Waals surface area contributed by atoms with Gasteiger partial charge in [-0.1, -0.05) is 30.3 Å². The van der Waals surface area contributed by atoms with Crippen LogP contribution in [0.25, 0.3) is 11.2 Å². The maximum atomic E-state index is 12.7. The van der Waals surface area contributed by atoms with Crippen molar-refractivity contribution in [2.45, 2.75) is 32.1 Å². The SMILES string of the molecule is O=C1CC2(CCN(c3ncnc4nc[nH]c34)CC2)CN1CCCc1ccccc1. The summed E-state index contributed by atoms with van der Waals surface area (Å²) in [6.07, 6.45) is 8.03. The molecule has 7 heteroatoms. The smallest absolute Gasteiger partial charge is 0.223 e. The van der Waals surface area contributed by atoms with Gasteiger partial charge in [-0.25, -0.2) is 15.0 Å². The number of nitrogens with zero attached hydrogens (tertiary/aromatic N) is 5. The Morgan fingerprint density at radius 2 is 1.90 bits per heavy atom. The van der Waals surface area contributed by atoms with Gasteiger partial charge in [-0.15, -0.1) is 0 Å². The Kier molecular flexibility index (Phi) is 4.66. The number of anilines is 1. The number of imidazole rings is 1. The second-order valence-electron chi connectivity index (χ2n) is 8.37. The van der Waals surface area contributed by atoms with Crippen LogP contribution in [0.2, 0.25) is 0 Å². The lowest BCUT2D eigenvalue weighted by molar-refractivity contribution is -0.127. The van der Waals surface area contributed by atoms with E-state index in [1.54, 1.807) is 12.7 Å². The first-order valence-electron chi connectivity index (χ1n) is 10.4. The molecule has 0 unspecified atom stereocenters. The molecule has 3 aromatic rings. The summed E-state index contributed by atoms with van der Waals surface area (Å²) in [4.78, 5) is 33.1. The number of carbonyl (C=O) groups is 1. The van der Waals surface area contributed by atoms with Gasteiger partial charge in [-0.05, 0) is 31.2 Å². The molecule has 1 N–H and O–H groups in total. The molecule has 1 amide bonds. The quantitative estimate of drug-likeness (QED) is 0.725. The molecule has 2 saturated heterocycles. The van der Waals surface area contributed by atoms with Crippen molar-refractivity contribution in [1.29, 1.82) is 0 Å². The maximum absolute atomic E-state index is 12.7. The Hall–Kier alpha value is -2.96. The van der Waals surface area contributed by atoms with E-state index in [1.165, 1.54) is 5.56 Å². The fourth-order valence-corrected chi connectivity index (χ4v) is 4.82. The predicted molar refractivity (Wildman–Crippen MR) is 112 cm³/mol. The lowest BCUT2D eigenvalue weighted by Crippen LogP contribution is -2.42. The average Bonchev–Trinajstić information content (AvgIpc) is 3.34. The number of amides is 1. The number of hydrogen-bond acceptors (Lipinski definition) is 5. The van der Waals surface area contributed by atoms with E-state index in [9.17, 15) is 4.79 Å². The number of hydrogen-bond donors (Lipinski definition) is 1. The molecule has 1 spiro atoms. The molecule has 2 aromatic heterocycles. The summed E-state index contributed by atoms with van der Waals surface area (Å²) in [5.74, 6) is 1.25. The van der Waals surface area contributed by atoms with Crippen molar-refractivity contribution < 1.29 is 4.79 Å². The van der Waals surface area contributed by atoms with Crippen LogP contribution >= 0.6 is 0 Å². The average molecular weight is 390 g/mol. The molecule has 0 aliphatic carbocycles.